The Morgan fingerprint density at radius 1 is 0.833 bits per heavy atom. The van der Waals surface area contributed by atoms with Crippen LogP contribution in [0.2, 0.25) is 0 Å². The Bertz CT molecular complexity index is 636. The number of carbonyl (C=O) groups is 5. The van der Waals surface area contributed by atoms with Crippen LogP contribution in [0.25, 0.3) is 0 Å². The molecule has 7 N–H and O–H groups in total. The van der Waals surface area contributed by atoms with Gasteiger partial charge in [0.25, 0.3) is 0 Å². The normalized spacial score (nSPS) is 16.0. The molecule has 11 nitrogen and oxygen atoms in total. The molecule has 0 aliphatic carbocycles. The molecule has 172 valence electrons. The van der Waals surface area contributed by atoms with Gasteiger partial charge in [-0.25, -0.2) is 4.79 Å². The summed E-state index contributed by atoms with van der Waals surface area (Å²) < 4.78 is 0. The van der Waals surface area contributed by atoms with Crippen molar-refractivity contribution < 1.29 is 34.2 Å². The summed E-state index contributed by atoms with van der Waals surface area (Å²) in [5, 5.41) is 25.4. The lowest BCUT2D eigenvalue weighted by Gasteiger charge is -2.29. The zero-order valence-electron chi connectivity index (χ0n) is 18.1. The van der Waals surface area contributed by atoms with Gasteiger partial charge < -0.3 is 31.9 Å². The molecule has 0 aromatic heterocycles. The van der Waals surface area contributed by atoms with E-state index >= 15 is 0 Å². The summed E-state index contributed by atoms with van der Waals surface area (Å²) in [6.07, 6.45) is -0.156. The molecule has 0 aromatic rings. The second-order valence-corrected chi connectivity index (χ2v) is 7.72. The Morgan fingerprint density at radius 2 is 1.33 bits per heavy atom. The number of carboxylic acids is 2. The van der Waals surface area contributed by atoms with Gasteiger partial charge in [0.05, 0.1) is 6.04 Å². The van der Waals surface area contributed by atoms with E-state index in [2.05, 4.69) is 16.0 Å². The van der Waals surface area contributed by atoms with Crippen LogP contribution >= 0.6 is 0 Å². The molecule has 0 fully saturated rings. The van der Waals surface area contributed by atoms with Crippen LogP contribution in [0.4, 0.5) is 0 Å². The molecule has 0 spiro atoms. The number of amides is 3. The molecule has 30 heavy (non-hydrogen) atoms. The lowest BCUT2D eigenvalue weighted by atomic mass is 9.96. The molecule has 0 rings (SSSR count). The maximum absolute atomic E-state index is 12.8. The van der Waals surface area contributed by atoms with E-state index in [1.165, 1.54) is 6.92 Å². The van der Waals surface area contributed by atoms with Gasteiger partial charge in [0.1, 0.15) is 18.1 Å². The van der Waals surface area contributed by atoms with E-state index in [1.807, 2.05) is 6.92 Å². The predicted octanol–water partition coefficient (Wildman–Crippen LogP) is -0.560. The van der Waals surface area contributed by atoms with Gasteiger partial charge in [-0.1, -0.05) is 34.1 Å². The summed E-state index contributed by atoms with van der Waals surface area (Å²) in [4.78, 5) is 59.4. The van der Waals surface area contributed by atoms with Crippen molar-refractivity contribution in [2.45, 2.75) is 78.0 Å². The van der Waals surface area contributed by atoms with Gasteiger partial charge >= 0.3 is 11.9 Å². The number of aliphatic carboxylic acids is 2. The van der Waals surface area contributed by atoms with Crippen molar-refractivity contribution in [2.75, 3.05) is 0 Å². The molecule has 0 aliphatic heterocycles. The zero-order chi connectivity index (χ0) is 23.6. The first-order chi connectivity index (χ1) is 13.8. The minimum Gasteiger partial charge on any atom is -0.481 e. The highest BCUT2D eigenvalue weighted by atomic mass is 16.4. The number of rotatable bonds is 13. The molecule has 0 aromatic carbocycles. The van der Waals surface area contributed by atoms with E-state index in [-0.39, 0.29) is 12.3 Å². The van der Waals surface area contributed by atoms with Crippen molar-refractivity contribution in [1.29, 1.82) is 0 Å². The topological polar surface area (TPSA) is 188 Å². The SMILES string of the molecule is CCC(C)C(NC(=O)C(C)N)C(=O)NC(C(=O)NC(CCC(=O)O)C(=O)O)C(C)C. The summed E-state index contributed by atoms with van der Waals surface area (Å²) >= 11 is 0. The molecule has 0 aliphatic rings. The second-order valence-electron chi connectivity index (χ2n) is 7.72. The third-order valence-electron chi connectivity index (χ3n) is 4.72. The minimum atomic E-state index is -1.41. The fourth-order valence-electron chi connectivity index (χ4n) is 2.55. The Kier molecular flexibility index (Phi) is 11.6. The van der Waals surface area contributed by atoms with Crippen molar-refractivity contribution >= 4 is 29.7 Å². The van der Waals surface area contributed by atoms with Crippen molar-refractivity contribution in [3.63, 3.8) is 0 Å². The highest BCUT2D eigenvalue weighted by Gasteiger charge is 2.33. The molecule has 5 unspecified atom stereocenters. The summed E-state index contributed by atoms with van der Waals surface area (Å²) in [6, 6.07) is -4.23. The maximum atomic E-state index is 12.8. The summed E-state index contributed by atoms with van der Waals surface area (Å²) in [5.74, 6) is -5.07. The molecule has 3 amide bonds. The van der Waals surface area contributed by atoms with Gasteiger partial charge in [0.15, 0.2) is 0 Å². The monoisotopic (exact) mass is 430 g/mol. The average molecular weight is 431 g/mol. The van der Waals surface area contributed by atoms with Crippen LogP contribution in [0.15, 0.2) is 0 Å². The van der Waals surface area contributed by atoms with Crippen LogP contribution in [0.1, 0.15) is 53.9 Å². The zero-order valence-corrected chi connectivity index (χ0v) is 18.1. The number of nitrogens with one attached hydrogen (secondary N) is 3. The van der Waals surface area contributed by atoms with Crippen LogP contribution < -0.4 is 21.7 Å². The first-order valence-electron chi connectivity index (χ1n) is 9.93. The summed E-state index contributed by atoms with van der Waals surface area (Å²) in [7, 11) is 0. The fraction of sp³-hybridized carbons (Fsp3) is 0.737. The lowest BCUT2D eigenvalue weighted by molar-refractivity contribution is -0.143. The van der Waals surface area contributed by atoms with Gasteiger partial charge in [-0.2, -0.15) is 0 Å². The smallest absolute Gasteiger partial charge is 0.326 e. The van der Waals surface area contributed by atoms with Crippen molar-refractivity contribution in [3.05, 3.63) is 0 Å². The molecule has 0 radical (unpaired) electrons. The van der Waals surface area contributed by atoms with Crippen molar-refractivity contribution in [3.8, 4) is 0 Å². The highest BCUT2D eigenvalue weighted by molar-refractivity contribution is 5.94. The van der Waals surface area contributed by atoms with E-state index in [9.17, 15) is 29.1 Å². The Labute approximate surface area is 176 Å². The van der Waals surface area contributed by atoms with Gasteiger partial charge in [0, 0.05) is 6.42 Å². The molecule has 5 atom stereocenters. The maximum Gasteiger partial charge on any atom is 0.326 e. The number of nitrogens with two attached hydrogens (primary N) is 1. The third-order valence-corrected chi connectivity index (χ3v) is 4.72. The molecular weight excluding hydrogens is 396 g/mol. The van der Waals surface area contributed by atoms with E-state index in [0.717, 1.165) is 0 Å². The fourth-order valence-corrected chi connectivity index (χ4v) is 2.55. The van der Waals surface area contributed by atoms with Gasteiger partial charge in [-0.15, -0.1) is 0 Å². The first kappa shape index (κ1) is 27.3. The van der Waals surface area contributed by atoms with E-state index < -0.39 is 66.2 Å². The van der Waals surface area contributed by atoms with Crippen LogP contribution in [0.5, 0.6) is 0 Å². The van der Waals surface area contributed by atoms with Crippen LogP contribution in [-0.2, 0) is 24.0 Å². The molecule has 0 saturated carbocycles. The lowest BCUT2D eigenvalue weighted by Crippen LogP contribution is -2.59. The molecule has 0 heterocycles. The number of carboxylic acid groups (broad SMARTS) is 2. The highest BCUT2D eigenvalue weighted by Crippen LogP contribution is 2.11. The Morgan fingerprint density at radius 3 is 1.73 bits per heavy atom. The quantitative estimate of drug-likeness (QED) is 0.224. The van der Waals surface area contributed by atoms with Crippen molar-refractivity contribution in [2.24, 2.45) is 17.6 Å². The summed E-state index contributed by atoms with van der Waals surface area (Å²) in [5.41, 5.74) is 5.55. The van der Waals surface area contributed by atoms with E-state index in [1.54, 1.807) is 20.8 Å². The largest absolute Gasteiger partial charge is 0.481 e. The molecule has 0 bridgehead atoms. The minimum absolute atomic E-state index is 0.245. The third kappa shape index (κ3) is 9.21. The molecular formula is C19H34N4O7. The van der Waals surface area contributed by atoms with Crippen LogP contribution in [0, 0.1) is 11.8 Å². The molecule has 11 heteroatoms. The standard InChI is InChI=1S/C19H34N4O7/c1-6-10(4)15(23-16(26)11(5)20)18(28)22-14(9(2)3)17(27)21-12(19(29)30)7-8-13(24)25/h9-12,14-15H,6-8,20H2,1-5H3,(H,21,27)(H,22,28)(H,23,26)(H,24,25)(H,29,30). The second kappa shape index (κ2) is 12.8. The van der Waals surface area contributed by atoms with E-state index in [0.29, 0.717) is 6.42 Å². The first-order valence-corrected chi connectivity index (χ1v) is 9.93. The van der Waals surface area contributed by atoms with E-state index in [4.69, 9.17) is 10.8 Å². The number of hydrogen-bond acceptors (Lipinski definition) is 6. The van der Waals surface area contributed by atoms with Crippen LogP contribution in [-0.4, -0.2) is 64.0 Å². The Balaban J connectivity index is 5.39. The number of carbonyl (C=O) groups excluding carboxylic acids is 3. The Hall–Kier alpha value is -2.69. The predicted molar refractivity (Wildman–Crippen MR) is 108 cm³/mol. The molecule has 0 saturated heterocycles. The average Bonchev–Trinajstić information content (AvgIpc) is 2.65. The number of hydrogen-bond donors (Lipinski definition) is 6. The van der Waals surface area contributed by atoms with Gasteiger partial charge in [-0.05, 0) is 25.2 Å². The summed E-state index contributed by atoms with van der Waals surface area (Å²) in [6.45, 7) is 8.42. The van der Waals surface area contributed by atoms with Gasteiger partial charge in [-0.3, -0.25) is 19.2 Å². The van der Waals surface area contributed by atoms with Gasteiger partial charge in [0.2, 0.25) is 17.7 Å². The van der Waals surface area contributed by atoms with Crippen molar-refractivity contribution in [1.82, 2.24) is 16.0 Å². The van der Waals surface area contributed by atoms with Crippen LogP contribution in [0.3, 0.4) is 0 Å².